The maximum Gasteiger partial charge on any atom is 0.328 e. The molecule has 0 unspecified atom stereocenters. The van der Waals surface area contributed by atoms with Gasteiger partial charge in [0.2, 0.25) is 0 Å². The van der Waals surface area contributed by atoms with Crippen LogP contribution in [0.5, 0.6) is 0 Å². The topological polar surface area (TPSA) is 37.3 Å². The number of carbonyl (C=O) groups is 1. The Morgan fingerprint density at radius 3 is 2.17 bits per heavy atom. The van der Waals surface area contributed by atoms with Crippen molar-refractivity contribution in [1.82, 2.24) is 0 Å². The van der Waals surface area contributed by atoms with E-state index in [0.717, 1.165) is 11.1 Å². The number of hydrogen-bond donors (Lipinski definition) is 1. The van der Waals surface area contributed by atoms with Gasteiger partial charge in [0.15, 0.2) is 0 Å². The van der Waals surface area contributed by atoms with E-state index < -0.39 is 5.97 Å². The lowest BCUT2D eigenvalue weighted by molar-refractivity contribution is -0.131. The zero-order chi connectivity index (χ0) is 18.5. The molecule has 0 saturated carbocycles. The molecule has 0 radical (unpaired) electrons. The van der Waals surface area contributed by atoms with Gasteiger partial charge in [0, 0.05) is 6.08 Å². The van der Waals surface area contributed by atoms with Gasteiger partial charge in [-0.3, -0.25) is 0 Å². The van der Waals surface area contributed by atoms with Crippen molar-refractivity contribution in [3.05, 3.63) is 58.7 Å². The van der Waals surface area contributed by atoms with Gasteiger partial charge < -0.3 is 5.11 Å². The molecule has 0 bridgehead atoms. The summed E-state index contributed by atoms with van der Waals surface area (Å²) in [4.78, 5) is 10.6. The first-order valence-corrected chi connectivity index (χ1v) is 8.62. The highest BCUT2D eigenvalue weighted by atomic mass is 16.4. The molecule has 2 nitrogen and oxygen atoms in total. The molecule has 0 saturated heterocycles. The Labute approximate surface area is 147 Å². The average Bonchev–Trinajstić information content (AvgIpc) is 2.43. The van der Waals surface area contributed by atoms with Crippen molar-refractivity contribution in [2.75, 3.05) is 0 Å². The van der Waals surface area contributed by atoms with E-state index in [2.05, 4.69) is 53.7 Å². The van der Waals surface area contributed by atoms with Gasteiger partial charge in [0.1, 0.15) is 0 Å². The molecule has 132 valence electrons. The molecule has 0 spiro atoms. The van der Waals surface area contributed by atoms with Crippen LogP contribution in [0, 0.1) is 10.8 Å². The van der Waals surface area contributed by atoms with Crippen molar-refractivity contribution in [3.8, 4) is 0 Å². The van der Waals surface area contributed by atoms with Crippen LogP contribution in [0.2, 0.25) is 0 Å². The Kier molecular flexibility index (Phi) is 6.59. The lowest BCUT2D eigenvalue weighted by atomic mass is 9.63. The fraction of sp³-hybridized carbons (Fsp3) is 0.500. The van der Waals surface area contributed by atoms with Gasteiger partial charge in [-0.2, -0.15) is 0 Å². The van der Waals surface area contributed by atoms with Crippen molar-refractivity contribution in [2.24, 2.45) is 10.8 Å². The third-order valence-electron chi connectivity index (χ3n) is 5.11. The molecule has 0 aromatic rings. The standard InChI is InChI=1S/C22H32O2/c1-16(9-8-10-17(2)15-20(23)24)11-12-19-18(3)21(4,5)13-14-22(19,6)7/h8-12,15H,13-14H2,1-7H3,(H,23,24)/b10-8+,12-11+,16-9+,17-15+. The summed E-state index contributed by atoms with van der Waals surface area (Å²) in [5, 5.41) is 8.70. The second-order valence-electron chi connectivity index (χ2n) is 8.14. The molecule has 1 rings (SSSR count). The summed E-state index contributed by atoms with van der Waals surface area (Å²) in [6.07, 6.45) is 13.8. The molecule has 2 heteroatoms. The fourth-order valence-corrected chi connectivity index (χ4v) is 3.03. The minimum absolute atomic E-state index is 0.215. The average molecular weight is 328 g/mol. The van der Waals surface area contributed by atoms with Crippen LogP contribution >= 0.6 is 0 Å². The van der Waals surface area contributed by atoms with Crippen LogP contribution in [0.15, 0.2) is 58.7 Å². The maximum absolute atomic E-state index is 10.6. The SMILES string of the molecule is CC1=C(/C=C/C(C)=C/C=C/C(C)=C/C(=O)O)C(C)(C)CCC1(C)C. The lowest BCUT2D eigenvalue weighted by Crippen LogP contribution is -2.29. The fourth-order valence-electron chi connectivity index (χ4n) is 3.03. The van der Waals surface area contributed by atoms with E-state index in [1.807, 2.05) is 18.2 Å². The zero-order valence-electron chi connectivity index (χ0n) is 16.2. The van der Waals surface area contributed by atoms with Crippen LogP contribution < -0.4 is 0 Å². The smallest absolute Gasteiger partial charge is 0.328 e. The van der Waals surface area contributed by atoms with Crippen molar-refractivity contribution in [1.29, 1.82) is 0 Å². The number of carboxylic acid groups (broad SMARTS) is 1. The van der Waals surface area contributed by atoms with Gasteiger partial charge in [0.05, 0.1) is 0 Å². The van der Waals surface area contributed by atoms with E-state index in [1.54, 1.807) is 6.92 Å². The Bertz CT molecular complexity index is 635. The van der Waals surface area contributed by atoms with Crippen LogP contribution in [-0.2, 0) is 4.79 Å². The summed E-state index contributed by atoms with van der Waals surface area (Å²) in [7, 11) is 0. The molecule has 0 aliphatic heterocycles. The molecule has 0 atom stereocenters. The quantitative estimate of drug-likeness (QED) is 0.479. The first-order chi connectivity index (χ1) is 11.0. The molecular weight excluding hydrogens is 296 g/mol. The van der Waals surface area contributed by atoms with Gasteiger partial charge >= 0.3 is 5.97 Å². The second-order valence-corrected chi connectivity index (χ2v) is 8.14. The van der Waals surface area contributed by atoms with Crippen molar-refractivity contribution in [3.63, 3.8) is 0 Å². The normalized spacial score (nSPS) is 21.8. The second kappa shape index (κ2) is 7.83. The molecule has 0 fully saturated rings. The van der Waals surface area contributed by atoms with Gasteiger partial charge in [-0.1, -0.05) is 69.2 Å². The summed E-state index contributed by atoms with van der Waals surface area (Å²) in [5.74, 6) is -0.915. The van der Waals surface area contributed by atoms with Gasteiger partial charge in [-0.25, -0.2) is 4.79 Å². The number of rotatable bonds is 5. The molecule has 1 aliphatic rings. The van der Waals surface area contributed by atoms with Crippen LogP contribution in [-0.4, -0.2) is 11.1 Å². The minimum Gasteiger partial charge on any atom is -0.478 e. The van der Waals surface area contributed by atoms with E-state index in [4.69, 9.17) is 5.11 Å². The molecule has 24 heavy (non-hydrogen) atoms. The summed E-state index contributed by atoms with van der Waals surface area (Å²) >= 11 is 0. The van der Waals surface area contributed by atoms with Crippen molar-refractivity contribution in [2.45, 2.75) is 61.3 Å². The number of aliphatic carboxylic acids is 1. The summed E-state index contributed by atoms with van der Waals surface area (Å²) in [6, 6.07) is 0. The molecule has 1 N–H and O–H groups in total. The monoisotopic (exact) mass is 328 g/mol. The third kappa shape index (κ3) is 5.67. The summed E-state index contributed by atoms with van der Waals surface area (Å²) in [5.41, 5.74) is 5.28. The predicted molar refractivity (Wildman–Crippen MR) is 103 cm³/mol. The Morgan fingerprint density at radius 2 is 1.58 bits per heavy atom. The first kappa shape index (κ1) is 20.2. The summed E-state index contributed by atoms with van der Waals surface area (Å²) < 4.78 is 0. The van der Waals surface area contributed by atoms with E-state index in [0.29, 0.717) is 0 Å². The lowest BCUT2D eigenvalue weighted by Gasteiger charge is -2.42. The highest BCUT2D eigenvalue weighted by Crippen LogP contribution is 2.48. The van der Waals surface area contributed by atoms with Gasteiger partial charge in [0.25, 0.3) is 0 Å². The molecule has 1 aliphatic carbocycles. The van der Waals surface area contributed by atoms with Crippen LogP contribution in [0.25, 0.3) is 0 Å². The van der Waals surface area contributed by atoms with Crippen molar-refractivity contribution < 1.29 is 9.90 Å². The first-order valence-electron chi connectivity index (χ1n) is 8.62. The maximum atomic E-state index is 10.6. The Hall–Kier alpha value is -1.83. The van der Waals surface area contributed by atoms with Gasteiger partial charge in [-0.15, -0.1) is 0 Å². The van der Waals surface area contributed by atoms with Crippen LogP contribution in [0.1, 0.15) is 61.3 Å². The Morgan fingerprint density at radius 1 is 1.00 bits per heavy atom. The van der Waals surface area contributed by atoms with E-state index in [1.165, 1.54) is 30.1 Å². The predicted octanol–water partition coefficient (Wildman–Crippen LogP) is 6.24. The number of carboxylic acids is 1. The molecule has 0 amide bonds. The van der Waals surface area contributed by atoms with Crippen molar-refractivity contribution >= 4 is 5.97 Å². The van der Waals surface area contributed by atoms with E-state index in [-0.39, 0.29) is 10.8 Å². The zero-order valence-corrected chi connectivity index (χ0v) is 16.2. The largest absolute Gasteiger partial charge is 0.478 e. The third-order valence-corrected chi connectivity index (χ3v) is 5.11. The van der Waals surface area contributed by atoms with Crippen LogP contribution in [0.4, 0.5) is 0 Å². The molecule has 0 heterocycles. The van der Waals surface area contributed by atoms with E-state index in [9.17, 15) is 4.79 Å². The highest BCUT2D eigenvalue weighted by molar-refractivity contribution is 5.81. The summed E-state index contributed by atoms with van der Waals surface area (Å²) in [6.45, 7) is 15.4. The highest BCUT2D eigenvalue weighted by Gasteiger charge is 2.35. The van der Waals surface area contributed by atoms with E-state index >= 15 is 0 Å². The molecule has 0 aromatic heterocycles. The Balaban J connectivity index is 2.96. The molecule has 0 aromatic carbocycles. The number of hydrogen-bond acceptors (Lipinski definition) is 1. The molecular formula is C22H32O2. The number of allylic oxidation sites excluding steroid dienone is 9. The van der Waals surface area contributed by atoms with Crippen LogP contribution in [0.3, 0.4) is 0 Å². The minimum atomic E-state index is -0.915. The van der Waals surface area contributed by atoms with Gasteiger partial charge in [-0.05, 0) is 55.6 Å².